The molecule has 5 nitrogen and oxygen atoms in total. The first kappa shape index (κ1) is 14.3. The predicted octanol–water partition coefficient (Wildman–Crippen LogP) is 2.99. The lowest BCUT2D eigenvalue weighted by molar-refractivity contribution is 0.0690. The van der Waals surface area contributed by atoms with Crippen molar-refractivity contribution in [2.24, 2.45) is 7.05 Å². The molecule has 0 saturated heterocycles. The number of hydrogen-bond acceptors (Lipinski definition) is 4. The van der Waals surface area contributed by atoms with E-state index in [4.69, 9.17) is 5.11 Å². The Morgan fingerprint density at radius 2 is 2.20 bits per heavy atom. The summed E-state index contributed by atoms with van der Waals surface area (Å²) in [6.07, 6.45) is 1.77. The number of rotatable bonds is 4. The van der Waals surface area contributed by atoms with Crippen molar-refractivity contribution in [2.45, 2.75) is 13.3 Å². The van der Waals surface area contributed by atoms with E-state index in [-0.39, 0.29) is 17.0 Å². The summed E-state index contributed by atoms with van der Waals surface area (Å²) in [5, 5.41) is 13.0. The number of aromatic nitrogens is 3. The molecule has 0 amide bonds. The molecule has 2 rings (SSSR count). The predicted molar refractivity (Wildman–Crippen MR) is 70.9 cm³/mol. The number of alkyl halides is 2. The Morgan fingerprint density at radius 1 is 1.50 bits per heavy atom. The number of aryl methyl sites for hydroxylation is 2. The van der Waals surface area contributed by atoms with Gasteiger partial charge in [0, 0.05) is 23.7 Å². The molecule has 2 aromatic heterocycles. The molecule has 0 aliphatic heterocycles. The van der Waals surface area contributed by atoms with E-state index in [9.17, 15) is 13.6 Å². The van der Waals surface area contributed by atoms with Crippen LogP contribution in [0, 0.1) is 6.92 Å². The monoisotopic (exact) mass is 299 g/mol. The lowest BCUT2D eigenvalue weighted by Gasteiger charge is -1.93. The number of carboxylic acid groups (broad SMARTS) is 1. The topological polar surface area (TPSA) is 68.0 Å². The molecule has 8 heteroatoms. The van der Waals surface area contributed by atoms with Crippen molar-refractivity contribution >= 4 is 29.5 Å². The molecule has 2 heterocycles. The first-order chi connectivity index (χ1) is 9.38. The van der Waals surface area contributed by atoms with Gasteiger partial charge in [-0.1, -0.05) is 0 Å². The van der Waals surface area contributed by atoms with Crippen LogP contribution in [0.3, 0.4) is 0 Å². The van der Waals surface area contributed by atoms with E-state index < -0.39 is 12.4 Å². The standard InChI is InChI=1S/C12H11F2N3O2S/c1-6-9(12(18)19)15-8(20-6)4-3-7-5-17(2)16-10(7)11(13)14/h3-5,11H,1-2H3,(H,18,19). The fourth-order valence-electron chi connectivity index (χ4n) is 1.67. The van der Waals surface area contributed by atoms with Gasteiger partial charge in [0.25, 0.3) is 6.43 Å². The van der Waals surface area contributed by atoms with Crippen LogP contribution >= 0.6 is 11.3 Å². The zero-order valence-corrected chi connectivity index (χ0v) is 11.5. The molecule has 0 aliphatic rings. The molecule has 0 bridgehead atoms. The quantitative estimate of drug-likeness (QED) is 0.942. The summed E-state index contributed by atoms with van der Waals surface area (Å²) in [6.45, 7) is 1.65. The Balaban J connectivity index is 2.30. The van der Waals surface area contributed by atoms with Gasteiger partial charge in [-0.3, -0.25) is 4.68 Å². The van der Waals surface area contributed by atoms with Gasteiger partial charge in [-0.2, -0.15) is 5.10 Å². The third-order valence-corrected chi connectivity index (χ3v) is 3.45. The van der Waals surface area contributed by atoms with Crippen molar-refractivity contribution < 1.29 is 18.7 Å². The summed E-state index contributed by atoms with van der Waals surface area (Å²) in [4.78, 5) is 15.4. The van der Waals surface area contributed by atoms with Gasteiger partial charge in [0.1, 0.15) is 10.7 Å². The van der Waals surface area contributed by atoms with Gasteiger partial charge in [0.2, 0.25) is 0 Å². The number of halogens is 2. The Hall–Kier alpha value is -2.09. The molecule has 0 unspecified atom stereocenters. The number of carbonyl (C=O) groups is 1. The average Bonchev–Trinajstić information content (AvgIpc) is 2.90. The van der Waals surface area contributed by atoms with Gasteiger partial charge >= 0.3 is 5.97 Å². The van der Waals surface area contributed by atoms with E-state index in [1.807, 2.05) is 0 Å². The summed E-state index contributed by atoms with van der Waals surface area (Å²) in [7, 11) is 1.55. The minimum atomic E-state index is -2.66. The highest BCUT2D eigenvalue weighted by Crippen LogP contribution is 2.24. The summed E-state index contributed by atoms with van der Waals surface area (Å²) < 4.78 is 26.8. The Morgan fingerprint density at radius 3 is 2.75 bits per heavy atom. The largest absolute Gasteiger partial charge is 0.476 e. The molecular weight excluding hydrogens is 288 g/mol. The van der Waals surface area contributed by atoms with Crippen LogP contribution in [0.4, 0.5) is 8.78 Å². The first-order valence-electron chi connectivity index (χ1n) is 5.59. The molecule has 1 N–H and O–H groups in total. The third kappa shape index (κ3) is 2.90. The number of carboxylic acids is 1. The molecule has 0 atom stereocenters. The summed E-state index contributed by atoms with van der Waals surface area (Å²) in [5.41, 5.74) is -0.0439. The van der Waals surface area contributed by atoms with Crippen LogP contribution in [0.5, 0.6) is 0 Å². The van der Waals surface area contributed by atoms with Crippen LogP contribution in [-0.2, 0) is 7.05 Å². The number of thiazole rings is 1. The van der Waals surface area contributed by atoms with Crippen LogP contribution < -0.4 is 0 Å². The minimum Gasteiger partial charge on any atom is -0.476 e. The van der Waals surface area contributed by atoms with E-state index in [1.165, 1.54) is 34.4 Å². The molecule has 0 radical (unpaired) electrons. The molecule has 106 valence electrons. The number of nitrogens with zero attached hydrogens (tertiary/aromatic N) is 3. The molecule has 2 aromatic rings. The van der Waals surface area contributed by atoms with Crippen molar-refractivity contribution in [3.05, 3.63) is 33.0 Å². The zero-order chi connectivity index (χ0) is 14.9. The second kappa shape index (κ2) is 5.49. The first-order valence-corrected chi connectivity index (χ1v) is 6.40. The number of hydrogen-bond donors (Lipinski definition) is 1. The zero-order valence-electron chi connectivity index (χ0n) is 10.7. The Labute approximate surface area is 117 Å². The highest BCUT2D eigenvalue weighted by atomic mass is 32.1. The SMILES string of the molecule is Cc1sc(C=Cc2cn(C)nc2C(F)F)nc1C(=O)O. The smallest absolute Gasteiger partial charge is 0.355 e. The van der Waals surface area contributed by atoms with Crippen LogP contribution in [0.15, 0.2) is 6.20 Å². The lowest BCUT2D eigenvalue weighted by atomic mass is 10.2. The Bertz CT molecular complexity index is 676. The van der Waals surface area contributed by atoms with Crippen LogP contribution in [0.25, 0.3) is 12.2 Å². The van der Waals surface area contributed by atoms with Crippen molar-refractivity contribution in [1.29, 1.82) is 0 Å². The van der Waals surface area contributed by atoms with Gasteiger partial charge in [0.15, 0.2) is 5.69 Å². The van der Waals surface area contributed by atoms with Gasteiger partial charge < -0.3 is 5.11 Å². The minimum absolute atomic E-state index is 0.0186. The summed E-state index contributed by atoms with van der Waals surface area (Å²) >= 11 is 1.19. The van der Waals surface area contributed by atoms with E-state index in [0.717, 1.165) is 0 Å². The van der Waals surface area contributed by atoms with E-state index in [1.54, 1.807) is 14.0 Å². The van der Waals surface area contributed by atoms with E-state index >= 15 is 0 Å². The highest BCUT2D eigenvalue weighted by molar-refractivity contribution is 7.12. The molecule has 20 heavy (non-hydrogen) atoms. The maximum absolute atomic E-state index is 12.7. The van der Waals surface area contributed by atoms with Crippen LogP contribution in [-0.4, -0.2) is 25.8 Å². The van der Waals surface area contributed by atoms with Gasteiger partial charge in [-0.25, -0.2) is 18.6 Å². The van der Waals surface area contributed by atoms with Gasteiger partial charge in [-0.05, 0) is 19.1 Å². The maximum atomic E-state index is 12.7. The molecule has 0 spiro atoms. The van der Waals surface area contributed by atoms with E-state index in [0.29, 0.717) is 9.88 Å². The second-order valence-electron chi connectivity index (χ2n) is 4.04. The Kier molecular flexibility index (Phi) is 3.93. The van der Waals surface area contributed by atoms with Crippen LogP contribution in [0.1, 0.15) is 38.1 Å². The molecule has 0 saturated carbocycles. The molecule has 0 fully saturated rings. The fourth-order valence-corrected chi connectivity index (χ4v) is 2.49. The number of aromatic carboxylic acids is 1. The molecular formula is C12H11F2N3O2S. The van der Waals surface area contributed by atoms with Crippen molar-refractivity contribution in [3.8, 4) is 0 Å². The molecule has 0 aromatic carbocycles. The normalized spacial score (nSPS) is 11.7. The van der Waals surface area contributed by atoms with E-state index in [2.05, 4.69) is 10.1 Å². The average molecular weight is 299 g/mol. The van der Waals surface area contributed by atoms with Crippen molar-refractivity contribution in [3.63, 3.8) is 0 Å². The fraction of sp³-hybridized carbons (Fsp3) is 0.250. The lowest BCUT2D eigenvalue weighted by Crippen LogP contribution is -1.98. The van der Waals surface area contributed by atoms with Crippen molar-refractivity contribution in [2.75, 3.05) is 0 Å². The van der Waals surface area contributed by atoms with Gasteiger partial charge in [0.05, 0.1) is 0 Å². The highest BCUT2D eigenvalue weighted by Gasteiger charge is 2.16. The summed E-state index contributed by atoms with van der Waals surface area (Å²) in [6, 6.07) is 0. The van der Waals surface area contributed by atoms with Crippen molar-refractivity contribution in [1.82, 2.24) is 14.8 Å². The van der Waals surface area contributed by atoms with Crippen LogP contribution in [0.2, 0.25) is 0 Å². The van der Waals surface area contributed by atoms with Gasteiger partial charge in [-0.15, -0.1) is 11.3 Å². The maximum Gasteiger partial charge on any atom is 0.355 e. The summed E-state index contributed by atoms with van der Waals surface area (Å²) in [5.74, 6) is -1.10. The molecule has 0 aliphatic carbocycles. The third-order valence-electron chi connectivity index (χ3n) is 2.52. The second-order valence-corrected chi connectivity index (χ2v) is 5.27.